The van der Waals surface area contributed by atoms with Gasteiger partial charge in [-0.05, 0) is 42.7 Å². The van der Waals surface area contributed by atoms with Gasteiger partial charge in [-0.25, -0.2) is 4.98 Å². The van der Waals surface area contributed by atoms with Crippen molar-refractivity contribution in [3.8, 4) is 6.07 Å². The summed E-state index contributed by atoms with van der Waals surface area (Å²) in [5.41, 5.74) is 2.87. The lowest BCUT2D eigenvalue weighted by molar-refractivity contribution is 0.865. The molecule has 0 fully saturated rings. The minimum absolute atomic E-state index is 0.543. The molecule has 0 aliphatic carbocycles. The van der Waals surface area contributed by atoms with Gasteiger partial charge in [-0.3, -0.25) is 0 Å². The molecule has 0 saturated heterocycles. The molecule has 0 saturated carbocycles. The second kappa shape index (κ2) is 5.90. The molecule has 0 spiro atoms. The Morgan fingerprint density at radius 2 is 1.84 bits per heavy atom. The summed E-state index contributed by atoms with van der Waals surface area (Å²) in [6.45, 7) is 6.28. The molecule has 0 unspecified atom stereocenters. The number of benzene rings is 1. The van der Waals surface area contributed by atoms with E-state index in [1.165, 1.54) is 5.56 Å². The van der Waals surface area contributed by atoms with Crippen molar-refractivity contribution in [2.24, 2.45) is 0 Å². The Morgan fingerprint density at radius 1 is 1.16 bits per heavy atom. The predicted molar refractivity (Wildman–Crippen MR) is 78.3 cm³/mol. The lowest BCUT2D eigenvalue weighted by Gasteiger charge is -2.07. The fourth-order valence-electron chi connectivity index (χ4n) is 1.80. The monoisotopic (exact) mass is 268 g/mol. The van der Waals surface area contributed by atoms with E-state index in [1.807, 2.05) is 13.0 Å². The van der Waals surface area contributed by atoms with E-state index >= 15 is 0 Å². The minimum Gasteiger partial charge on any atom is -0.246 e. The number of aromatic nitrogens is 1. The number of hydrogen-bond acceptors (Lipinski definition) is 3. The highest BCUT2D eigenvalue weighted by atomic mass is 32.2. The molecule has 96 valence electrons. The molecule has 0 aliphatic rings. The van der Waals surface area contributed by atoms with Crippen molar-refractivity contribution in [2.75, 3.05) is 0 Å². The quantitative estimate of drug-likeness (QED) is 0.820. The van der Waals surface area contributed by atoms with E-state index in [-0.39, 0.29) is 0 Å². The van der Waals surface area contributed by atoms with E-state index in [2.05, 4.69) is 49.2 Å². The van der Waals surface area contributed by atoms with Crippen LogP contribution in [0.4, 0.5) is 0 Å². The summed E-state index contributed by atoms with van der Waals surface area (Å²) in [6, 6.07) is 14.3. The Morgan fingerprint density at radius 3 is 2.42 bits per heavy atom. The molecule has 0 atom stereocenters. The molecule has 2 rings (SSSR count). The summed E-state index contributed by atoms with van der Waals surface area (Å²) in [5, 5.41) is 9.83. The fraction of sp³-hybridized carbons (Fsp3) is 0.250. The third-order valence-electron chi connectivity index (χ3n) is 2.83. The molecule has 1 heterocycles. The second-order valence-corrected chi connectivity index (χ2v) is 5.87. The molecule has 1 aromatic carbocycles. The average molecular weight is 268 g/mol. The first-order chi connectivity index (χ1) is 9.08. The van der Waals surface area contributed by atoms with Gasteiger partial charge in [0.1, 0.15) is 5.03 Å². The highest BCUT2D eigenvalue weighted by Gasteiger charge is 2.04. The van der Waals surface area contributed by atoms with Gasteiger partial charge >= 0.3 is 0 Å². The summed E-state index contributed by atoms with van der Waals surface area (Å²) in [5.74, 6) is 0.543. The molecule has 0 N–H and O–H groups in total. The van der Waals surface area contributed by atoms with Gasteiger partial charge in [0, 0.05) is 10.6 Å². The molecule has 1 aromatic heterocycles. The van der Waals surface area contributed by atoms with Crippen LogP contribution < -0.4 is 0 Å². The van der Waals surface area contributed by atoms with E-state index in [0.29, 0.717) is 11.5 Å². The van der Waals surface area contributed by atoms with Gasteiger partial charge in [0.05, 0.1) is 11.6 Å². The third kappa shape index (κ3) is 3.59. The van der Waals surface area contributed by atoms with Crippen molar-refractivity contribution in [1.82, 2.24) is 4.98 Å². The van der Waals surface area contributed by atoms with Crippen LogP contribution in [-0.2, 0) is 0 Å². The summed E-state index contributed by atoms with van der Waals surface area (Å²) < 4.78 is 0. The lowest BCUT2D eigenvalue weighted by atomic mass is 10.0. The van der Waals surface area contributed by atoms with E-state index in [9.17, 15) is 0 Å². The number of hydrogen-bond donors (Lipinski definition) is 0. The van der Waals surface area contributed by atoms with E-state index in [0.717, 1.165) is 15.6 Å². The Balaban J connectivity index is 2.21. The zero-order valence-electron chi connectivity index (χ0n) is 11.3. The summed E-state index contributed by atoms with van der Waals surface area (Å²) in [6.07, 6.45) is 0. The maximum atomic E-state index is 8.96. The minimum atomic E-state index is 0.543. The van der Waals surface area contributed by atoms with Crippen LogP contribution >= 0.6 is 11.8 Å². The van der Waals surface area contributed by atoms with Crippen LogP contribution in [0.25, 0.3) is 0 Å². The predicted octanol–water partition coefficient (Wildman–Crippen LogP) is 4.54. The summed E-state index contributed by atoms with van der Waals surface area (Å²) in [4.78, 5) is 5.59. The van der Waals surface area contributed by atoms with Gasteiger partial charge in [0.15, 0.2) is 0 Å². The van der Waals surface area contributed by atoms with Gasteiger partial charge in [0.2, 0.25) is 0 Å². The first-order valence-electron chi connectivity index (χ1n) is 6.25. The zero-order chi connectivity index (χ0) is 13.8. The highest BCUT2D eigenvalue weighted by Crippen LogP contribution is 2.28. The number of aryl methyl sites for hydroxylation is 1. The molecular formula is C16H16N2S. The molecule has 0 radical (unpaired) electrons. The Kier molecular flexibility index (Phi) is 4.24. The highest BCUT2D eigenvalue weighted by molar-refractivity contribution is 7.99. The van der Waals surface area contributed by atoms with Crippen LogP contribution in [0.2, 0.25) is 0 Å². The van der Waals surface area contributed by atoms with Crippen LogP contribution in [0.1, 0.15) is 36.6 Å². The molecule has 2 nitrogen and oxygen atoms in total. The first-order valence-corrected chi connectivity index (χ1v) is 7.07. The Hall–Kier alpha value is -1.79. The molecule has 0 aliphatic heterocycles. The van der Waals surface area contributed by atoms with E-state index in [1.54, 1.807) is 17.8 Å². The van der Waals surface area contributed by atoms with Gasteiger partial charge < -0.3 is 0 Å². The van der Waals surface area contributed by atoms with Gasteiger partial charge in [-0.1, -0.05) is 37.7 Å². The molecule has 2 aromatic rings. The van der Waals surface area contributed by atoms with Crippen LogP contribution in [-0.4, -0.2) is 4.98 Å². The SMILES string of the molecule is Cc1cc(C#N)cc(Sc2ccc(C(C)C)cc2)n1. The van der Waals surface area contributed by atoms with Crippen molar-refractivity contribution in [2.45, 2.75) is 36.6 Å². The molecule has 0 amide bonds. The molecule has 3 heteroatoms. The van der Waals surface area contributed by atoms with Gasteiger partial charge in [-0.15, -0.1) is 0 Å². The first kappa shape index (κ1) is 13.6. The number of nitrogens with zero attached hydrogens (tertiary/aromatic N) is 2. The maximum Gasteiger partial charge on any atom is 0.102 e. The maximum absolute atomic E-state index is 8.96. The fourth-order valence-corrected chi connectivity index (χ4v) is 2.69. The van der Waals surface area contributed by atoms with Crippen molar-refractivity contribution < 1.29 is 0 Å². The number of pyridine rings is 1. The Labute approximate surface area is 118 Å². The number of nitriles is 1. The smallest absolute Gasteiger partial charge is 0.102 e. The largest absolute Gasteiger partial charge is 0.246 e. The average Bonchev–Trinajstić information content (AvgIpc) is 2.38. The lowest BCUT2D eigenvalue weighted by Crippen LogP contribution is -1.88. The van der Waals surface area contributed by atoms with Crippen molar-refractivity contribution >= 4 is 11.8 Å². The molecular weight excluding hydrogens is 252 g/mol. The van der Waals surface area contributed by atoms with Gasteiger partial charge in [-0.2, -0.15) is 5.26 Å². The van der Waals surface area contributed by atoms with Crippen molar-refractivity contribution in [3.63, 3.8) is 0 Å². The second-order valence-electron chi connectivity index (χ2n) is 4.77. The standard InChI is InChI=1S/C16H16N2S/c1-11(2)14-4-6-15(7-5-14)19-16-9-13(10-17)8-12(3)18-16/h4-9,11H,1-3H3. The third-order valence-corrected chi connectivity index (χ3v) is 3.75. The summed E-state index contributed by atoms with van der Waals surface area (Å²) in [7, 11) is 0. The van der Waals surface area contributed by atoms with Crippen LogP contribution in [0, 0.1) is 18.3 Å². The van der Waals surface area contributed by atoms with Gasteiger partial charge in [0.25, 0.3) is 0 Å². The van der Waals surface area contributed by atoms with Crippen molar-refractivity contribution in [1.29, 1.82) is 5.26 Å². The van der Waals surface area contributed by atoms with E-state index in [4.69, 9.17) is 5.26 Å². The zero-order valence-corrected chi connectivity index (χ0v) is 12.2. The molecule has 19 heavy (non-hydrogen) atoms. The van der Waals surface area contributed by atoms with E-state index < -0.39 is 0 Å². The molecule has 0 bridgehead atoms. The normalized spacial score (nSPS) is 10.5. The van der Waals surface area contributed by atoms with Crippen molar-refractivity contribution in [3.05, 3.63) is 53.2 Å². The topological polar surface area (TPSA) is 36.7 Å². The van der Waals surface area contributed by atoms with Crippen LogP contribution in [0.5, 0.6) is 0 Å². The Bertz CT molecular complexity index is 610. The van der Waals surface area contributed by atoms with Crippen LogP contribution in [0.3, 0.4) is 0 Å². The summed E-state index contributed by atoms with van der Waals surface area (Å²) >= 11 is 1.59. The number of rotatable bonds is 3. The van der Waals surface area contributed by atoms with Crippen LogP contribution in [0.15, 0.2) is 46.3 Å².